The van der Waals surface area contributed by atoms with Crippen molar-refractivity contribution in [1.82, 2.24) is 14.4 Å². The van der Waals surface area contributed by atoms with E-state index in [4.69, 9.17) is 12.2 Å². The van der Waals surface area contributed by atoms with Gasteiger partial charge in [0.1, 0.15) is 5.70 Å². The molecule has 0 N–H and O–H groups in total. The minimum Gasteiger partial charge on any atom is -0.318 e. The number of carbonyl (C=O) groups is 1. The van der Waals surface area contributed by atoms with E-state index in [1.54, 1.807) is 9.80 Å². The highest BCUT2D eigenvalue weighted by Gasteiger charge is 2.34. The topological polar surface area (TPSA) is 28.5 Å². The standard InChI is InChI=1S/C20H22BrN3OS/c1-6-23-19(25)18(22(5)20(23)26)11-15-10-13(3)24(14(15)4)16-7-8-17(21)12(2)9-16/h7-11H,6H2,1-5H3/b18-11-. The van der Waals surface area contributed by atoms with Crippen LogP contribution in [0.1, 0.15) is 29.4 Å². The minimum atomic E-state index is -0.0377. The van der Waals surface area contributed by atoms with Crippen LogP contribution in [0.2, 0.25) is 0 Å². The van der Waals surface area contributed by atoms with Gasteiger partial charge in [0.05, 0.1) is 0 Å². The summed E-state index contributed by atoms with van der Waals surface area (Å²) < 4.78 is 3.30. The smallest absolute Gasteiger partial charge is 0.276 e. The molecule has 2 heterocycles. The van der Waals surface area contributed by atoms with Crippen molar-refractivity contribution in [1.29, 1.82) is 0 Å². The monoisotopic (exact) mass is 431 g/mol. The predicted octanol–water partition coefficient (Wildman–Crippen LogP) is 4.58. The molecule has 4 nitrogen and oxygen atoms in total. The van der Waals surface area contributed by atoms with Crippen molar-refractivity contribution in [2.24, 2.45) is 0 Å². The Morgan fingerprint density at radius 1 is 1.19 bits per heavy atom. The minimum absolute atomic E-state index is 0.0377. The van der Waals surface area contributed by atoms with Crippen LogP contribution < -0.4 is 0 Å². The molecule has 3 rings (SSSR count). The molecular formula is C20H22BrN3OS. The number of thiocarbonyl (C=S) groups is 1. The van der Waals surface area contributed by atoms with Crippen molar-refractivity contribution in [3.8, 4) is 5.69 Å². The van der Waals surface area contributed by atoms with E-state index in [1.807, 2.05) is 20.0 Å². The molecule has 0 spiro atoms. The van der Waals surface area contributed by atoms with Crippen LogP contribution in [0.3, 0.4) is 0 Å². The second kappa shape index (κ2) is 7.00. The summed E-state index contributed by atoms with van der Waals surface area (Å²) in [5, 5.41) is 0.557. The summed E-state index contributed by atoms with van der Waals surface area (Å²) in [5.74, 6) is -0.0377. The number of likely N-dealkylation sites (N-methyl/N-ethyl adjacent to an activating group) is 2. The fraction of sp³-hybridized carbons (Fsp3) is 0.300. The molecule has 1 aliphatic heterocycles. The Hall–Kier alpha value is -1.92. The van der Waals surface area contributed by atoms with Crippen molar-refractivity contribution in [3.63, 3.8) is 0 Å². The lowest BCUT2D eigenvalue weighted by molar-refractivity contribution is -0.122. The fourth-order valence-corrected chi connectivity index (χ4v) is 3.89. The molecule has 0 unspecified atom stereocenters. The van der Waals surface area contributed by atoms with E-state index in [0.29, 0.717) is 17.4 Å². The first-order valence-electron chi connectivity index (χ1n) is 8.53. The molecule has 6 heteroatoms. The van der Waals surface area contributed by atoms with Crippen molar-refractivity contribution in [2.75, 3.05) is 13.6 Å². The van der Waals surface area contributed by atoms with Crippen LogP contribution in [0.4, 0.5) is 0 Å². The lowest BCUT2D eigenvalue weighted by atomic mass is 10.2. The zero-order valence-corrected chi connectivity index (χ0v) is 18.0. The summed E-state index contributed by atoms with van der Waals surface area (Å²) in [6, 6.07) is 8.42. The first-order chi connectivity index (χ1) is 12.3. The van der Waals surface area contributed by atoms with Crippen molar-refractivity contribution in [2.45, 2.75) is 27.7 Å². The number of benzene rings is 1. The van der Waals surface area contributed by atoms with Crippen LogP contribution in [-0.4, -0.2) is 39.0 Å². The molecule has 136 valence electrons. The Bertz CT molecular complexity index is 945. The number of amides is 1. The number of carbonyl (C=O) groups excluding carboxylic acids is 1. The first kappa shape index (κ1) is 18.9. The lowest BCUT2D eigenvalue weighted by Crippen LogP contribution is -2.30. The van der Waals surface area contributed by atoms with Gasteiger partial charge in [-0.15, -0.1) is 0 Å². The van der Waals surface area contributed by atoms with E-state index >= 15 is 0 Å². The number of nitrogens with zero attached hydrogens (tertiary/aromatic N) is 3. The summed E-state index contributed by atoms with van der Waals surface area (Å²) in [6.45, 7) is 8.75. The van der Waals surface area contributed by atoms with Crippen LogP contribution in [0.25, 0.3) is 11.8 Å². The summed E-state index contributed by atoms with van der Waals surface area (Å²) >= 11 is 8.94. The van der Waals surface area contributed by atoms with E-state index in [9.17, 15) is 4.79 Å². The van der Waals surface area contributed by atoms with Gasteiger partial charge >= 0.3 is 0 Å². The fourth-order valence-electron chi connectivity index (χ4n) is 3.34. The molecule has 1 aromatic carbocycles. The molecular weight excluding hydrogens is 410 g/mol. The summed E-state index contributed by atoms with van der Waals surface area (Å²) in [5.41, 5.74) is 6.16. The Morgan fingerprint density at radius 2 is 1.88 bits per heavy atom. The average Bonchev–Trinajstić information content (AvgIpc) is 2.98. The Labute approximate surface area is 168 Å². The highest BCUT2D eigenvalue weighted by atomic mass is 79.9. The molecule has 2 aromatic rings. The molecule has 1 saturated heterocycles. The van der Waals surface area contributed by atoms with E-state index in [1.165, 1.54) is 5.56 Å². The third-order valence-electron chi connectivity index (χ3n) is 4.82. The molecule has 0 bridgehead atoms. The van der Waals surface area contributed by atoms with Crippen molar-refractivity contribution < 1.29 is 4.79 Å². The number of hydrogen-bond acceptors (Lipinski definition) is 2. The van der Waals surface area contributed by atoms with Gasteiger partial charge < -0.3 is 9.47 Å². The van der Waals surface area contributed by atoms with Gasteiger partial charge in [-0.2, -0.15) is 0 Å². The Kier molecular flexibility index (Phi) is 5.08. The largest absolute Gasteiger partial charge is 0.318 e. The van der Waals surface area contributed by atoms with Gasteiger partial charge in [-0.3, -0.25) is 9.69 Å². The molecule has 1 aliphatic rings. The van der Waals surface area contributed by atoms with Crippen molar-refractivity contribution in [3.05, 3.63) is 56.9 Å². The molecule has 0 radical (unpaired) electrons. The highest BCUT2D eigenvalue weighted by molar-refractivity contribution is 9.10. The molecule has 0 saturated carbocycles. The molecule has 1 aromatic heterocycles. The maximum atomic E-state index is 12.6. The Morgan fingerprint density at radius 3 is 2.46 bits per heavy atom. The summed E-state index contributed by atoms with van der Waals surface area (Å²) in [4.78, 5) is 16.0. The van der Waals surface area contributed by atoms with E-state index < -0.39 is 0 Å². The maximum absolute atomic E-state index is 12.6. The zero-order chi connectivity index (χ0) is 19.2. The van der Waals surface area contributed by atoms with Gasteiger partial charge in [0.15, 0.2) is 5.11 Å². The number of hydrogen-bond donors (Lipinski definition) is 0. The molecule has 1 fully saturated rings. The van der Waals surface area contributed by atoms with E-state index in [2.05, 4.69) is 65.5 Å². The van der Waals surface area contributed by atoms with Crippen LogP contribution in [0.5, 0.6) is 0 Å². The van der Waals surface area contributed by atoms with Gasteiger partial charge in [0, 0.05) is 35.1 Å². The lowest BCUT2D eigenvalue weighted by Gasteiger charge is -2.13. The normalized spacial score (nSPS) is 16.3. The number of aromatic nitrogens is 1. The SMILES string of the molecule is CCN1C(=O)/C(=C/c2cc(C)n(-c3ccc(Br)c(C)c3)c2C)N(C)C1=S. The summed E-state index contributed by atoms with van der Waals surface area (Å²) in [6.07, 6.45) is 1.94. The summed E-state index contributed by atoms with van der Waals surface area (Å²) in [7, 11) is 1.85. The highest BCUT2D eigenvalue weighted by Crippen LogP contribution is 2.28. The number of rotatable bonds is 3. The maximum Gasteiger partial charge on any atom is 0.276 e. The second-order valence-corrected chi connectivity index (χ2v) is 7.74. The average molecular weight is 432 g/mol. The molecule has 26 heavy (non-hydrogen) atoms. The number of halogens is 1. The zero-order valence-electron chi connectivity index (χ0n) is 15.6. The second-order valence-electron chi connectivity index (χ2n) is 6.52. The number of aryl methyl sites for hydroxylation is 2. The Balaban J connectivity index is 2.07. The van der Waals surface area contributed by atoms with Gasteiger partial charge in [0.25, 0.3) is 5.91 Å². The quantitative estimate of drug-likeness (QED) is 0.525. The van der Waals surface area contributed by atoms with Crippen LogP contribution >= 0.6 is 28.1 Å². The van der Waals surface area contributed by atoms with Crippen LogP contribution in [0, 0.1) is 20.8 Å². The molecule has 0 aliphatic carbocycles. The predicted molar refractivity (Wildman–Crippen MR) is 113 cm³/mol. The van der Waals surface area contributed by atoms with Gasteiger partial charge in [-0.1, -0.05) is 15.9 Å². The first-order valence-corrected chi connectivity index (χ1v) is 9.73. The van der Waals surface area contributed by atoms with E-state index in [0.717, 1.165) is 27.1 Å². The van der Waals surface area contributed by atoms with Gasteiger partial charge in [0.2, 0.25) is 0 Å². The molecule has 0 atom stereocenters. The van der Waals surface area contributed by atoms with E-state index in [-0.39, 0.29) is 5.91 Å². The van der Waals surface area contributed by atoms with Gasteiger partial charge in [-0.05, 0) is 81.4 Å². The van der Waals surface area contributed by atoms with Crippen LogP contribution in [0.15, 0.2) is 34.4 Å². The molecule has 1 amide bonds. The van der Waals surface area contributed by atoms with Crippen molar-refractivity contribution >= 4 is 45.2 Å². The van der Waals surface area contributed by atoms with Gasteiger partial charge in [-0.25, -0.2) is 0 Å². The third kappa shape index (κ3) is 3.01. The third-order valence-corrected chi connectivity index (χ3v) is 6.21. The van der Waals surface area contributed by atoms with Crippen LogP contribution in [-0.2, 0) is 4.79 Å².